The van der Waals surface area contributed by atoms with E-state index in [1.165, 1.54) is 26.4 Å². The van der Waals surface area contributed by atoms with Crippen molar-refractivity contribution in [1.29, 1.82) is 0 Å². The van der Waals surface area contributed by atoms with Crippen LogP contribution in [-0.2, 0) is 62.6 Å². The van der Waals surface area contributed by atoms with Gasteiger partial charge in [-0.05, 0) is 68.1 Å². The van der Waals surface area contributed by atoms with Crippen molar-refractivity contribution in [3.05, 3.63) is 107 Å². The lowest BCUT2D eigenvalue weighted by atomic mass is 10.0. The maximum atomic E-state index is 13.6. The van der Waals surface area contributed by atoms with Crippen LogP contribution in [0, 0.1) is 0 Å². The molecule has 83 heavy (non-hydrogen) atoms. The second-order valence-corrected chi connectivity index (χ2v) is 19.9. The Kier molecular flexibility index (Phi) is 20.9. The monoisotopic (exact) mass is 1140 g/mol. The van der Waals surface area contributed by atoms with Gasteiger partial charge in [-0.2, -0.15) is 0 Å². The largest absolute Gasteiger partial charge is 0.493 e. The normalized spacial score (nSPS) is 16.8. The Morgan fingerprint density at radius 3 is 1.53 bits per heavy atom. The summed E-state index contributed by atoms with van der Waals surface area (Å²) in [4.78, 5) is 76.2. The summed E-state index contributed by atoms with van der Waals surface area (Å²) < 4.78 is 59.7. The van der Waals surface area contributed by atoms with Crippen molar-refractivity contribution in [2.45, 2.75) is 65.0 Å². The van der Waals surface area contributed by atoms with Gasteiger partial charge in [0.05, 0.1) is 141 Å². The van der Waals surface area contributed by atoms with Crippen LogP contribution in [0.4, 0.5) is 11.4 Å². The molecule has 9 rings (SSSR count). The zero-order chi connectivity index (χ0) is 58.1. The predicted molar refractivity (Wildman–Crippen MR) is 301 cm³/mol. The van der Waals surface area contributed by atoms with E-state index in [4.69, 9.17) is 57.4 Å². The molecular formula is C59H69N9O15. The van der Waals surface area contributed by atoms with Crippen molar-refractivity contribution in [3.63, 3.8) is 0 Å². The van der Waals surface area contributed by atoms with Crippen LogP contribution in [-0.4, -0.2) is 190 Å². The first-order chi connectivity index (χ1) is 40.4. The van der Waals surface area contributed by atoms with Crippen LogP contribution in [0.2, 0.25) is 0 Å². The molecule has 0 saturated heterocycles. The number of amides is 5. The van der Waals surface area contributed by atoms with E-state index in [1.54, 1.807) is 51.2 Å². The Hall–Kier alpha value is -8.13. The third kappa shape index (κ3) is 15.9. The lowest BCUT2D eigenvalue weighted by Gasteiger charge is -2.19. The van der Waals surface area contributed by atoms with Crippen LogP contribution >= 0.6 is 0 Å². The highest BCUT2D eigenvalue weighted by Gasteiger charge is 2.34. The first-order valence-corrected chi connectivity index (χ1v) is 27.5. The number of benzene rings is 3. The van der Waals surface area contributed by atoms with Gasteiger partial charge in [-0.1, -0.05) is 16.4 Å². The average Bonchev–Trinajstić information content (AvgIpc) is 4.19. The van der Waals surface area contributed by atoms with Gasteiger partial charge in [0.15, 0.2) is 23.0 Å². The summed E-state index contributed by atoms with van der Waals surface area (Å²) in [5.41, 5.74) is 6.99. The Balaban J connectivity index is 0.702. The van der Waals surface area contributed by atoms with Gasteiger partial charge in [0.2, 0.25) is 5.91 Å². The second kappa shape index (κ2) is 29.2. The lowest BCUT2D eigenvalue weighted by Crippen LogP contribution is -2.35. The van der Waals surface area contributed by atoms with Gasteiger partial charge in [0, 0.05) is 74.2 Å². The molecule has 2 atom stereocenters. The first-order valence-electron chi connectivity index (χ1n) is 27.5. The topological polar surface area (TPSA) is 255 Å². The minimum absolute atomic E-state index is 0.0320. The summed E-state index contributed by atoms with van der Waals surface area (Å²) in [6.07, 6.45) is 13.0. The smallest absolute Gasteiger partial charge is 0.260 e. The summed E-state index contributed by atoms with van der Waals surface area (Å²) in [5.74, 6) is 0.219. The number of rotatable bonds is 33. The lowest BCUT2D eigenvalue weighted by molar-refractivity contribution is -0.137. The van der Waals surface area contributed by atoms with Gasteiger partial charge in [-0.15, -0.1) is 5.10 Å². The average molecular weight is 1140 g/mol. The highest BCUT2D eigenvalue weighted by atomic mass is 16.6. The Bertz CT molecular complexity index is 3000. The Morgan fingerprint density at radius 2 is 1.05 bits per heavy atom. The highest BCUT2D eigenvalue weighted by molar-refractivity contribution is 6.13. The van der Waals surface area contributed by atoms with Crippen molar-refractivity contribution in [3.8, 4) is 34.3 Å². The SMILES string of the molecule is COc1cc2c(cc1OCc1cc(COc3cc4c(cc3OC)C(=O)N3C=C(C)C[C@H]3C=N4)cc(-c3cn(CCOCCOCCOCCOCCOCCOCCNC(=O)CCN4C(=O)C=CC4=O)nn3)c1)N=C[C@@H]1CC(C)=CN1C2=O. The van der Waals surface area contributed by atoms with E-state index in [2.05, 4.69) is 15.6 Å². The quantitative estimate of drug-likeness (QED) is 0.0468. The molecule has 440 valence electrons. The molecule has 1 N–H and O–H groups in total. The molecule has 0 saturated carbocycles. The minimum atomic E-state index is -0.410. The van der Waals surface area contributed by atoms with Gasteiger partial charge in [0.25, 0.3) is 23.6 Å². The van der Waals surface area contributed by atoms with E-state index < -0.39 is 11.8 Å². The molecule has 3 aromatic carbocycles. The zero-order valence-corrected chi connectivity index (χ0v) is 47.1. The molecule has 0 spiro atoms. The van der Waals surface area contributed by atoms with Gasteiger partial charge in [0.1, 0.15) is 18.9 Å². The molecule has 24 nitrogen and oxygen atoms in total. The van der Waals surface area contributed by atoms with Crippen LogP contribution in [0.15, 0.2) is 94.3 Å². The molecule has 5 aliphatic rings. The molecule has 0 radical (unpaired) electrons. The predicted octanol–water partition coefficient (Wildman–Crippen LogP) is 5.32. The highest BCUT2D eigenvalue weighted by Crippen LogP contribution is 2.41. The van der Waals surface area contributed by atoms with E-state index in [9.17, 15) is 24.0 Å². The number of carbonyl (C=O) groups is 5. The van der Waals surface area contributed by atoms with Gasteiger partial charge >= 0.3 is 0 Å². The number of hydrogen-bond acceptors (Lipinski definition) is 19. The number of carbonyl (C=O) groups excluding carboxylic acids is 5. The molecule has 4 aromatic rings. The van der Waals surface area contributed by atoms with Gasteiger partial charge in [-0.3, -0.25) is 38.9 Å². The minimum Gasteiger partial charge on any atom is -0.493 e. The maximum absolute atomic E-state index is 13.6. The Morgan fingerprint density at radius 1 is 0.578 bits per heavy atom. The first kappa shape index (κ1) is 59.5. The summed E-state index contributed by atoms with van der Waals surface area (Å²) in [6, 6.07) is 12.4. The standard InChI is InChI=1S/C59H69N9O15/c1-39-23-44-32-61-48-30-53(51(74-3)28-46(48)58(72)67(44)34-39)82-37-41-25-42(38-83-54-31-49-47(29-52(54)75-4)59(73)68-35-40(2)24-45(68)33-62-49)27-43(26-41)50-36-65(64-63-50)10-12-77-14-16-79-18-20-81-22-21-80-19-17-78-15-13-76-11-8-60-55(69)7-9-66-56(70)5-6-57(66)71/h5-6,25-36,44-45H,7-24,37-38H2,1-4H3,(H,60,69)/t44-,45-/m0/s1. The van der Waals surface area contributed by atoms with Crippen molar-refractivity contribution < 1.29 is 71.3 Å². The zero-order valence-electron chi connectivity index (χ0n) is 47.1. The number of aliphatic imine (C=N–C) groups is 2. The van der Waals surface area contributed by atoms with Gasteiger partial charge < -0.3 is 62.5 Å². The van der Waals surface area contributed by atoms with Crippen LogP contribution < -0.4 is 24.3 Å². The molecule has 0 unspecified atom stereocenters. The Labute approximate surface area is 480 Å². The molecule has 24 heteroatoms. The number of fused-ring (bicyclic) bond motifs is 4. The molecule has 0 fully saturated rings. The third-order valence-electron chi connectivity index (χ3n) is 13.8. The summed E-state index contributed by atoms with van der Waals surface area (Å²) in [6.45, 7) is 9.63. The maximum Gasteiger partial charge on any atom is 0.260 e. The fraction of sp³-hybridized carbons (Fsp3) is 0.441. The van der Waals surface area contributed by atoms with Crippen LogP contribution in [0.3, 0.4) is 0 Å². The second-order valence-electron chi connectivity index (χ2n) is 19.9. The molecule has 5 amide bonds. The molecule has 0 aliphatic carbocycles. The molecule has 0 bridgehead atoms. The third-order valence-corrected chi connectivity index (χ3v) is 13.8. The molecule has 6 heterocycles. The van der Waals surface area contributed by atoms with E-state index in [0.29, 0.717) is 144 Å². The fourth-order valence-corrected chi connectivity index (χ4v) is 9.62. The number of aromatic nitrogens is 3. The van der Waals surface area contributed by atoms with Crippen molar-refractivity contribution in [2.75, 3.05) is 107 Å². The van der Waals surface area contributed by atoms with E-state index in [-0.39, 0.29) is 56.0 Å². The molecule has 5 aliphatic heterocycles. The van der Waals surface area contributed by atoms with E-state index >= 15 is 0 Å². The number of imide groups is 1. The van der Waals surface area contributed by atoms with Crippen LogP contribution in [0.25, 0.3) is 11.3 Å². The van der Waals surface area contributed by atoms with E-state index in [0.717, 1.165) is 45.6 Å². The van der Waals surface area contributed by atoms with Crippen molar-refractivity contribution >= 4 is 53.3 Å². The fourth-order valence-electron chi connectivity index (χ4n) is 9.62. The number of methoxy groups -OCH3 is 2. The van der Waals surface area contributed by atoms with Crippen molar-refractivity contribution in [2.24, 2.45) is 9.98 Å². The molecule has 1 aromatic heterocycles. The van der Waals surface area contributed by atoms with Crippen LogP contribution in [0.5, 0.6) is 23.0 Å². The van der Waals surface area contributed by atoms with Crippen molar-refractivity contribution in [1.82, 2.24) is 35.0 Å². The number of hydrogen-bond donors (Lipinski definition) is 1. The summed E-state index contributed by atoms with van der Waals surface area (Å²) in [7, 11) is 3.07. The number of nitrogens with one attached hydrogen (secondary N) is 1. The van der Waals surface area contributed by atoms with E-state index in [1.807, 2.05) is 50.6 Å². The number of ether oxygens (including phenoxy) is 10. The summed E-state index contributed by atoms with van der Waals surface area (Å²) in [5, 5.41) is 11.6. The molecular weight excluding hydrogens is 1070 g/mol. The van der Waals surface area contributed by atoms with Crippen LogP contribution in [0.1, 0.15) is 65.0 Å². The summed E-state index contributed by atoms with van der Waals surface area (Å²) >= 11 is 0. The van der Waals surface area contributed by atoms with Gasteiger partial charge in [-0.25, -0.2) is 4.68 Å². The number of nitrogens with zero attached hydrogens (tertiary/aromatic N) is 8.